The lowest BCUT2D eigenvalue weighted by molar-refractivity contribution is -0.385. The van der Waals surface area contributed by atoms with Gasteiger partial charge in [0.1, 0.15) is 5.56 Å². The van der Waals surface area contributed by atoms with Crippen molar-refractivity contribution in [1.82, 2.24) is 10.3 Å². The van der Waals surface area contributed by atoms with E-state index in [2.05, 4.69) is 10.3 Å². The van der Waals surface area contributed by atoms with E-state index in [0.717, 1.165) is 0 Å². The van der Waals surface area contributed by atoms with Gasteiger partial charge in [-0.25, -0.2) is 4.98 Å². The minimum Gasteiger partial charge on any atom is -0.381 e. The zero-order valence-corrected chi connectivity index (χ0v) is 12.7. The van der Waals surface area contributed by atoms with Gasteiger partial charge in [-0.1, -0.05) is 25.4 Å². The summed E-state index contributed by atoms with van der Waals surface area (Å²) in [5.74, 6) is -0.0870. The van der Waals surface area contributed by atoms with Crippen LogP contribution in [0, 0.1) is 16.0 Å². The lowest BCUT2D eigenvalue weighted by atomic mass is 10.2. The Morgan fingerprint density at radius 1 is 1.57 bits per heavy atom. The molecule has 0 radical (unpaired) electrons. The molecule has 7 nitrogen and oxygen atoms in total. The van der Waals surface area contributed by atoms with Gasteiger partial charge in [-0.3, -0.25) is 14.9 Å². The van der Waals surface area contributed by atoms with Crippen molar-refractivity contribution in [3.8, 4) is 0 Å². The first-order valence-electron chi connectivity index (χ1n) is 6.58. The molecule has 21 heavy (non-hydrogen) atoms. The summed E-state index contributed by atoms with van der Waals surface area (Å²) < 4.78 is 5.37. The molecule has 1 N–H and O–H groups in total. The highest BCUT2D eigenvalue weighted by Crippen LogP contribution is 2.25. The Morgan fingerprint density at radius 3 is 2.90 bits per heavy atom. The number of carbonyl (C=O) groups is 1. The van der Waals surface area contributed by atoms with Gasteiger partial charge in [0, 0.05) is 26.0 Å². The normalized spacial score (nSPS) is 10.7. The minimum absolute atomic E-state index is 0.0944. The van der Waals surface area contributed by atoms with Crippen LogP contribution >= 0.6 is 11.6 Å². The van der Waals surface area contributed by atoms with Crippen LogP contribution in [-0.4, -0.2) is 35.6 Å². The van der Waals surface area contributed by atoms with Crippen LogP contribution in [-0.2, 0) is 4.74 Å². The fourth-order valence-corrected chi connectivity index (χ4v) is 1.80. The molecule has 0 spiro atoms. The van der Waals surface area contributed by atoms with Crippen molar-refractivity contribution in [2.24, 2.45) is 5.92 Å². The molecule has 0 aliphatic heterocycles. The first-order valence-corrected chi connectivity index (χ1v) is 6.96. The van der Waals surface area contributed by atoms with E-state index in [9.17, 15) is 14.9 Å². The summed E-state index contributed by atoms with van der Waals surface area (Å²) in [5, 5.41) is 13.2. The zero-order chi connectivity index (χ0) is 15.8. The molecule has 0 saturated carbocycles. The first-order chi connectivity index (χ1) is 9.93. The van der Waals surface area contributed by atoms with Crippen molar-refractivity contribution in [3.63, 3.8) is 0 Å². The summed E-state index contributed by atoms with van der Waals surface area (Å²) in [5.41, 5.74) is -0.573. The molecule has 116 valence electrons. The summed E-state index contributed by atoms with van der Waals surface area (Å²) in [7, 11) is 0. The van der Waals surface area contributed by atoms with Crippen LogP contribution in [0.4, 0.5) is 5.69 Å². The number of carbonyl (C=O) groups excluding carboxylic acids is 1. The van der Waals surface area contributed by atoms with Gasteiger partial charge in [-0.15, -0.1) is 0 Å². The van der Waals surface area contributed by atoms with Crippen LogP contribution < -0.4 is 5.32 Å². The third-order valence-electron chi connectivity index (χ3n) is 2.51. The topological polar surface area (TPSA) is 94.4 Å². The number of aromatic nitrogens is 1. The van der Waals surface area contributed by atoms with E-state index >= 15 is 0 Å². The van der Waals surface area contributed by atoms with Crippen molar-refractivity contribution in [2.75, 3.05) is 19.8 Å². The second kappa shape index (κ2) is 8.53. The zero-order valence-electron chi connectivity index (χ0n) is 12.0. The van der Waals surface area contributed by atoms with Gasteiger partial charge in [-0.05, 0) is 18.4 Å². The van der Waals surface area contributed by atoms with Crippen molar-refractivity contribution in [1.29, 1.82) is 0 Å². The average molecular weight is 316 g/mol. The van der Waals surface area contributed by atoms with Crippen LogP contribution in [0.25, 0.3) is 0 Å². The van der Waals surface area contributed by atoms with E-state index in [-0.39, 0.29) is 10.7 Å². The Morgan fingerprint density at radius 2 is 2.29 bits per heavy atom. The van der Waals surface area contributed by atoms with Gasteiger partial charge in [0.15, 0.2) is 0 Å². The molecule has 0 fully saturated rings. The predicted octanol–water partition coefficient (Wildman–Crippen LogP) is 2.44. The summed E-state index contributed by atoms with van der Waals surface area (Å²) in [4.78, 5) is 25.7. The smallest absolute Gasteiger partial charge is 0.319 e. The van der Waals surface area contributed by atoms with E-state index in [1.807, 2.05) is 13.8 Å². The highest BCUT2D eigenvalue weighted by Gasteiger charge is 2.24. The fraction of sp³-hybridized carbons (Fsp3) is 0.538. The van der Waals surface area contributed by atoms with Crippen molar-refractivity contribution < 1.29 is 14.5 Å². The van der Waals surface area contributed by atoms with Crippen molar-refractivity contribution in [3.05, 3.63) is 33.1 Å². The second-order valence-electron chi connectivity index (χ2n) is 4.83. The molecule has 0 atom stereocenters. The summed E-state index contributed by atoms with van der Waals surface area (Å²) in [6.07, 6.45) is 1.89. The third kappa shape index (κ3) is 5.65. The van der Waals surface area contributed by atoms with Crippen LogP contribution in [0.2, 0.25) is 5.15 Å². The van der Waals surface area contributed by atoms with E-state index in [0.29, 0.717) is 32.1 Å². The Hall–Kier alpha value is -1.73. The van der Waals surface area contributed by atoms with Gasteiger partial charge in [0.25, 0.3) is 5.91 Å². The maximum absolute atomic E-state index is 11.9. The number of nitro groups is 1. The number of nitrogens with one attached hydrogen (secondary N) is 1. The van der Waals surface area contributed by atoms with Gasteiger partial charge < -0.3 is 10.1 Å². The number of rotatable bonds is 8. The van der Waals surface area contributed by atoms with Gasteiger partial charge in [0.2, 0.25) is 5.15 Å². The van der Waals surface area contributed by atoms with Crippen molar-refractivity contribution >= 4 is 23.2 Å². The average Bonchev–Trinajstić information content (AvgIpc) is 2.41. The highest BCUT2D eigenvalue weighted by atomic mass is 35.5. The molecule has 8 heteroatoms. The Labute approximate surface area is 127 Å². The molecular formula is C13H18ClN3O4. The monoisotopic (exact) mass is 315 g/mol. The number of hydrogen-bond donors (Lipinski definition) is 1. The lowest BCUT2D eigenvalue weighted by Crippen LogP contribution is -2.26. The summed E-state index contributed by atoms with van der Waals surface area (Å²) >= 11 is 5.65. The molecular weight excluding hydrogens is 298 g/mol. The van der Waals surface area contributed by atoms with Crippen LogP contribution in [0.15, 0.2) is 12.3 Å². The number of hydrogen-bond acceptors (Lipinski definition) is 5. The summed E-state index contributed by atoms with van der Waals surface area (Å²) in [6.45, 7) is 5.66. The first kappa shape index (κ1) is 17.3. The molecule has 1 rings (SSSR count). The Bertz CT molecular complexity index is 508. The van der Waals surface area contributed by atoms with Gasteiger partial charge in [0.05, 0.1) is 4.92 Å². The molecule has 0 unspecified atom stereocenters. The molecule has 0 saturated heterocycles. The standard InChI is InChI=1S/C13H18ClN3O4/c1-9(2)8-21-7-3-5-16-13(18)10-4-6-15-12(14)11(10)17(19)20/h4,6,9H,3,5,7-8H2,1-2H3,(H,16,18). The summed E-state index contributed by atoms with van der Waals surface area (Å²) in [6, 6.07) is 1.27. The minimum atomic E-state index is -0.712. The number of halogens is 1. The maximum Gasteiger partial charge on any atom is 0.319 e. The number of amides is 1. The van der Waals surface area contributed by atoms with Crippen molar-refractivity contribution in [2.45, 2.75) is 20.3 Å². The van der Waals surface area contributed by atoms with E-state index in [4.69, 9.17) is 16.3 Å². The largest absolute Gasteiger partial charge is 0.381 e. The molecule has 1 aromatic heterocycles. The van der Waals surface area contributed by atoms with Crippen LogP contribution in [0.3, 0.4) is 0 Å². The SMILES string of the molecule is CC(C)COCCCNC(=O)c1ccnc(Cl)c1[N+](=O)[O-]. The maximum atomic E-state index is 11.9. The molecule has 1 amide bonds. The Balaban J connectivity index is 2.50. The fourth-order valence-electron chi connectivity index (χ4n) is 1.58. The van der Waals surface area contributed by atoms with E-state index in [1.54, 1.807) is 0 Å². The lowest BCUT2D eigenvalue weighted by Gasteiger charge is -2.08. The number of nitrogens with zero attached hydrogens (tertiary/aromatic N) is 2. The number of ether oxygens (including phenoxy) is 1. The highest BCUT2D eigenvalue weighted by molar-refractivity contribution is 6.32. The molecule has 0 bridgehead atoms. The van der Waals surface area contributed by atoms with E-state index < -0.39 is 16.5 Å². The van der Waals surface area contributed by atoms with Crippen LogP contribution in [0.5, 0.6) is 0 Å². The quantitative estimate of drug-likeness (QED) is 0.344. The Kier molecular flexibility index (Phi) is 7.04. The third-order valence-corrected chi connectivity index (χ3v) is 2.79. The molecule has 0 aromatic carbocycles. The van der Waals surface area contributed by atoms with E-state index in [1.165, 1.54) is 12.3 Å². The molecule has 1 heterocycles. The number of pyridine rings is 1. The van der Waals surface area contributed by atoms with Crippen LogP contribution in [0.1, 0.15) is 30.6 Å². The predicted molar refractivity (Wildman–Crippen MR) is 78.5 cm³/mol. The second-order valence-corrected chi connectivity index (χ2v) is 5.19. The van der Waals surface area contributed by atoms with Gasteiger partial charge in [-0.2, -0.15) is 0 Å². The molecule has 0 aliphatic rings. The van der Waals surface area contributed by atoms with Gasteiger partial charge >= 0.3 is 5.69 Å². The molecule has 1 aromatic rings. The molecule has 0 aliphatic carbocycles.